The van der Waals surface area contributed by atoms with Crippen molar-refractivity contribution >= 4 is 37.8 Å². The summed E-state index contributed by atoms with van der Waals surface area (Å²) in [5, 5.41) is 5.02. The Bertz CT molecular complexity index is 705. The Morgan fingerprint density at radius 2 is 1.88 bits per heavy atom. The second-order valence-corrected chi connectivity index (χ2v) is 8.14. The molecule has 0 unspecified atom stereocenters. The van der Waals surface area contributed by atoms with Crippen LogP contribution in [0.3, 0.4) is 0 Å². The van der Waals surface area contributed by atoms with Crippen LogP contribution in [0.4, 0.5) is 0 Å². The van der Waals surface area contributed by atoms with E-state index in [0.717, 1.165) is 0 Å². The Morgan fingerprint density at radius 1 is 1.21 bits per heavy atom. The summed E-state index contributed by atoms with van der Waals surface area (Å²) in [5.74, 6) is -0.687. The van der Waals surface area contributed by atoms with E-state index in [4.69, 9.17) is 0 Å². The molecule has 7 nitrogen and oxygen atoms in total. The molecule has 9 heteroatoms. The molecule has 0 aliphatic rings. The first-order valence-corrected chi connectivity index (χ1v) is 9.79. The minimum atomic E-state index is -3.70. The van der Waals surface area contributed by atoms with E-state index in [1.807, 2.05) is 13.8 Å². The van der Waals surface area contributed by atoms with Crippen LogP contribution >= 0.6 is 15.9 Å². The van der Waals surface area contributed by atoms with Crippen molar-refractivity contribution < 1.29 is 18.0 Å². The first-order chi connectivity index (χ1) is 11.2. The van der Waals surface area contributed by atoms with E-state index in [1.165, 1.54) is 18.2 Å². The number of hydrogen-bond acceptors (Lipinski definition) is 4. The Morgan fingerprint density at radius 3 is 2.46 bits per heavy atom. The maximum Gasteiger partial charge on any atom is 0.252 e. The maximum atomic E-state index is 12.3. The Balaban J connectivity index is 2.93. The third-order valence-electron chi connectivity index (χ3n) is 2.96. The molecule has 0 aliphatic carbocycles. The van der Waals surface area contributed by atoms with Crippen LogP contribution in [-0.4, -0.2) is 39.9 Å². The second-order valence-electron chi connectivity index (χ2n) is 5.52. The van der Waals surface area contributed by atoms with Crippen molar-refractivity contribution in [2.75, 3.05) is 19.6 Å². The molecule has 0 saturated heterocycles. The normalized spacial score (nSPS) is 11.4. The van der Waals surface area contributed by atoms with Crippen molar-refractivity contribution in [2.45, 2.75) is 25.7 Å². The Labute approximate surface area is 150 Å². The van der Waals surface area contributed by atoms with Crippen LogP contribution in [0.2, 0.25) is 0 Å². The van der Waals surface area contributed by atoms with Crippen molar-refractivity contribution in [3.05, 3.63) is 28.2 Å². The van der Waals surface area contributed by atoms with Gasteiger partial charge in [-0.05, 0) is 47.0 Å². The van der Waals surface area contributed by atoms with Gasteiger partial charge in [-0.1, -0.05) is 13.8 Å². The SMILES string of the molecule is CCNC(=O)CNC(=O)c1cc(S(=O)(=O)NCC(C)C)ccc1Br. The molecule has 0 spiro atoms. The number of carbonyl (C=O) groups excluding carboxylic acids is 2. The summed E-state index contributed by atoms with van der Waals surface area (Å²) < 4.78 is 27.4. The topological polar surface area (TPSA) is 104 Å². The lowest BCUT2D eigenvalue weighted by atomic mass is 10.2. The van der Waals surface area contributed by atoms with Crippen LogP contribution in [0.1, 0.15) is 31.1 Å². The summed E-state index contributed by atoms with van der Waals surface area (Å²) in [6, 6.07) is 4.18. The van der Waals surface area contributed by atoms with Crippen LogP contribution in [-0.2, 0) is 14.8 Å². The third kappa shape index (κ3) is 6.21. The van der Waals surface area contributed by atoms with Crippen LogP contribution in [0.15, 0.2) is 27.6 Å². The van der Waals surface area contributed by atoms with Gasteiger partial charge in [0.2, 0.25) is 15.9 Å². The lowest BCUT2D eigenvalue weighted by Crippen LogP contribution is -2.37. The molecule has 2 amide bonds. The molecule has 0 saturated carbocycles. The van der Waals surface area contributed by atoms with Gasteiger partial charge in [-0.25, -0.2) is 13.1 Å². The molecule has 0 heterocycles. The minimum Gasteiger partial charge on any atom is -0.355 e. The monoisotopic (exact) mass is 419 g/mol. The highest BCUT2D eigenvalue weighted by Crippen LogP contribution is 2.21. The predicted molar refractivity (Wildman–Crippen MR) is 95.2 cm³/mol. The number of likely N-dealkylation sites (N-methyl/N-ethyl adjacent to an activating group) is 1. The minimum absolute atomic E-state index is 0.00508. The summed E-state index contributed by atoms with van der Waals surface area (Å²) in [7, 11) is -3.70. The van der Waals surface area contributed by atoms with E-state index in [2.05, 4.69) is 31.3 Å². The summed E-state index contributed by atoms with van der Waals surface area (Å²) in [6.07, 6.45) is 0. The molecule has 1 aromatic rings. The standard InChI is InChI=1S/C15H22BrN3O4S/c1-4-17-14(20)9-18-15(21)12-7-11(5-6-13(12)16)24(22,23)19-8-10(2)3/h5-7,10,19H,4,8-9H2,1-3H3,(H,17,20)(H,18,21). The number of nitrogens with one attached hydrogen (secondary N) is 3. The van der Waals surface area contributed by atoms with E-state index >= 15 is 0 Å². The fourth-order valence-electron chi connectivity index (χ4n) is 1.72. The van der Waals surface area contributed by atoms with E-state index in [0.29, 0.717) is 17.6 Å². The van der Waals surface area contributed by atoms with Crippen molar-refractivity contribution in [3.8, 4) is 0 Å². The average Bonchev–Trinajstić information content (AvgIpc) is 2.51. The highest BCUT2D eigenvalue weighted by atomic mass is 79.9. The van der Waals surface area contributed by atoms with Gasteiger partial charge >= 0.3 is 0 Å². The molecule has 134 valence electrons. The smallest absolute Gasteiger partial charge is 0.252 e. The van der Waals surface area contributed by atoms with Crippen LogP contribution in [0.5, 0.6) is 0 Å². The zero-order chi connectivity index (χ0) is 18.3. The third-order valence-corrected chi connectivity index (χ3v) is 5.07. The molecule has 0 fully saturated rings. The quantitative estimate of drug-likeness (QED) is 0.589. The number of sulfonamides is 1. The van der Waals surface area contributed by atoms with Gasteiger partial charge in [0.1, 0.15) is 0 Å². The van der Waals surface area contributed by atoms with E-state index < -0.39 is 15.9 Å². The zero-order valence-electron chi connectivity index (χ0n) is 13.8. The summed E-state index contributed by atoms with van der Waals surface area (Å²) in [5.41, 5.74) is 0.145. The molecular formula is C15H22BrN3O4S. The number of carbonyl (C=O) groups is 2. The van der Waals surface area contributed by atoms with Crippen LogP contribution < -0.4 is 15.4 Å². The van der Waals surface area contributed by atoms with E-state index in [9.17, 15) is 18.0 Å². The fourth-order valence-corrected chi connectivity index (χ4v) is 3.39. The van der Waals surface area contributed by atoms with Gasteiger partial charge < -0.3 is 10.6 Å². The molecule has 24 heavy (non-hydrogen) atoms. The van der Waals surface area contributed by atoms with Gasteiger partial charge in [0, 0.05) is 17.6 Å². The highest BCUT2D eigenvalue weighted by molar-refractivity contribution is 9.10. The van der Waals surface area contributed by atoms with Crippen molar-refractivity contribution in [1.29, 1.82) is 0 Å². The number of hydrogen-bond donors (Lipinski definition) is 3. The lowest BCUT2D eigenvalue weighted by molar-refractivity contribution is -0.120. The molecule has 0 bridgehead atoms. The lowest BCUT2D eigenvalue weighted by Gasteiger charge is -2.11. The number of rotatable bonds is 8. The van der Waals surface area contributed by atoms with Gasteiger partial charge in [-0.3, -0.25) is 9.59 Å². The van der Waals surface area contributed by atoms with Crippen molar-refractivity contribution in [2.24, 2.45) is 5.92 Å². The predicted octanol–water partition coefficient (Wildman–Crippen LogP) is 1.25. The van der Waals surface area contributed by atoms with E-state index in [-0.39, 0.29) is 28.8 Å². The number of halogens is 1. The Hall–Kier alpha value is -1.45. The van der Waals surface area contributed by atoms with Crippen molar-refractivity contribution in [3.63, 3.8) is 0 Å². The average molecular weight is 420 g/mol. The number of amides is 2. The Kier molecular flexibility index (Phi) is 7.85. The van der Waals surface area contributed by atoms with Gasteiger partial charge in [0.15, 0.2) is 0 Å². The summed E-state index contributed by atoms with van der Waals surface area (Å²) in [4.78, 5) is 23.6. The second kappa shape index (κ2) is 9.14. The molecule has 0 aliphatic heterocycles. The first kappa shape index (κ1) is 20.6. The molecule has 0 aromatic heterocycles. The van der Waals surface area contributed by atoms with Crippen LogP contribution in [0.25, 0.3) is 0 Å². The van der Waals surface area contributed by atoms with Gasteiger partial charge in [0.25, 0.3) is 5.91 Å². The molecule has 3 N–H and O–H groups in total. The van der Waals surface area contributed by atoms with Gasteiger partial charge in [-0.15, -0.1) is 0 Å². The molecule has 1 aromatic carbocycles. The maximum absolute atomic E-state index is 12.3. The van der Waals surface area contributed by atoms with Gasteiger partial charge in [0.05, 0.1) is 17.0 Å². The first-order valence-electron chi connectivity index (χ1n) is 7.51. The molecule has 0 radical (unpaired) electrons. The summed E-state index contributed by atoms with van der Waals surface area (Å²) in [6.45, 7) is 6.15. The molecule has 1 rings (SSSR count). The zero-order valence-corrected chi connectivity index (χ0v) is 16.3. The van der Waals surface area contributed by atoms with Gasteiger partial charge in [-0.2, -0.15) is 0 Å². The number of benzene rings is 1. The van der Waals surface area contributed by atoms with E-state index in [1.54, 1.807) is 6.92 Å². The molecular weight excluding hydrogens is 398 g/mol. The molecule has 0 atom stereocenters. The van der Waals surface area contributed by atoms with Crippen molar-refractivity contribution in [1.82, 2.24) is 15.4 Å². The largest absolute Gasteiger partial charge is 0.355 e. The summed E-state index contributed by atoms with van der Waals surface area (Å²) >= 11 is 3.22. The van der Waals surface area contributed by atoms with Crippen LogP contribution in [0, 0.1) is 5.92 Å². The highest BCUT2D eigenvalue weighted by Gasteiger charge is 2.19. The fraction of sp³-hybridized carbons (Fsp3) is 0.467.